The Morgan fingerprint density at radius 2 is 2.43 bits per heavy atom. The lowest BCUT2D eigenvalue weighted by atomic mass is 10.9. The molecule has 3 N–H and O–H groups in total. The molecule has 0 aromatic carbocycles. The van der Waals surface area contributed by atoms with Crippen LogP contribution in [-0.2, 0) is 0 Å². The van der Waals surface area contributed by atoms with Crippen LogP contribution < -0.4 is 10.6 Å². The Bertz CT molecular complexity index is 80.2. The first kappa shape index (κ1) is 5.94. The molecule has 0 aliphatic heterocycles. The van der Waals surface area contributed by atoms with Gasteiger partial charge in [0.1, 0.15) is 0 Å². The zero-order valence-electron chi connectivity index (χ0n) is 3.99. The second kappa shape index (κ2) is 3.14. The van der Waals surface area contributed by atoms with Crippen LogP contribution in [0.5, 0.6) is 0 Å². The van der Waals surface area contributed by atoms with E-state index in [0.717, 1.165) is 6.34 Å². The first-order valence-electron chi connectivity index (χ1n) is 1.78. The molecule has 0 unspecified atom stereocenters. The number of carbonyl (C=O) groups is 1. The first-order chi connectivity index (χ1) is 3.31. The van der Waals surface area contributed by atoms with Gasteiger partial charge in [-0.1, -0.05) is 0 Å². The van der Waals surface area contributed by atoms with Gasteiger partial charge in [0.2, 0.25) is 0 Å². The lowest BCUT2D eigenvalue weighted by Gasteiger charge is -1.91. The van der Waals surface area contributed by atoms with E-state index in [9.17, 15) is 4.79 Å². The average molecular weight is 101 g/mol. The quantitative estimate of drug-likeness (QED) is 0.303. The van der Waals surface area contributed by atoms with E-state index >= 15 is 0 Å². The van der Waals surface area contributed by atoms with Gasteiger partial charge in [-0.05, 0) is 0 Å². The third kappa shape index (κ3) is 2.75. The SMILES string of the molecule is CNC(=O)NC=N. The Balaban J connectivity index is 3.17. The van der Waals surface area contributed by atoms with Crippen LogP contribution >= 0.6 is 0 Å². The Morgan fingerprint density at radius 1 is 1.86 bits per heavy atom. The van der Waals surface area contributed by atoms with Crippen LogP contribution in [0.2, 0.25) is 0 Å². The molecule has 4 heteroatoms. The predicted octanol–water partition coefficient (Wildman–Crippen LogP) is -0.478. The van der Waals surface area contributed by atoms with E-state index in [1.165, 1.54) is 7.05 Å². The second-order valence-electron chi connectivity index (χ2n) is 0.868. The molecular weight excluding hydrogens is 94.1 g/mol. The summed E-state index contributed by atoms with van der Waals surface area (Å²) in [5.74, 6) is 0. The third-order valence-corrected chi connectivity index (χ3v) is 0.430. The minimum absolute atomic E-state index is 0.366. The van der Waals surface area contributed by atoms with E-state index in [-0.39, 0.29) is 6.03 Å². The molecule has 0 atom stereocenters. The summed E-state index contributed by atoms with van der Waals surface area (Å²) in [4.78, 5) is 10.0. The molecule has 0 aromatic heterocycles. The van der Waals surface area contributed by atoms with Crippen molar-refractivity contribution in [1.29, 1.82) is 5.41 Å². The first-order valence-corrected chi connectivity index (χ1v) is 1.78. The van der Waals surface area contributed by atoms with Crippen LogP contribution in [0, 0.1) is 5.41 Å². The number of carbonyl (C=O) groups excluding carboxylic acids is 1. The molecule has 0 rings (SSSR count). The molecule has 0 bridgehead atoms. The summed E-state index contributed by atoms with van der Waals surface area (Å²) in [5, 5.41) is 10.7. The largest absolute Gasteiger partial charge is 0.341 e. The molecule has 0 saturated heterocycles. The van der Waals surface area contributed by atoms with Gasteiger partial charge in [0.15, 0.2) is 0 Å². The van der Waals surface area contributed by atoms with Crippen molar-refractivity contribution in [3.8, 4) is 0 Å². The molecule has 0 aliphatic carbocycles. The van der Waals surface area contributed by atoms with E-state index in [0.29, 0.717) is 0 Å². The highest BCUT2D eigenvalue weighted by Crippen LogP contribution is 1.50. The molecule has 4 nitrogen and oxygen atoms in total. The van der Waals surface area contributed by atoms with Crippen LogP contribution in [0.25, 0.3) is 0 Å². The van der Waals surface area contributed by atoms with Gasteiger partial charge in [-0.3, -0.25) is 10.7 Å². The summed E-state index contributed by atoms with van der Waals surface area (Å²) >= 11 is 0. The number of nitrogens with one attached hydrogen (secondary N) is 3. The smallest absolute Gasteiger partial charge is 0.319 e. The molecule has 0 heterocycles. The van der Waals surface area contributed by atoms with Crippen LogP contribution in [-0.4, -0.2) is 19.4 Å². The summed E-state index contributed by atoms with van der Waals surface area (Å²) in [5.41, 5.74) is 0. The lowest BCUT2D eigenvalue weighted by Crippen LogP contribution is -2.30. The molecule has 0 spiro atoms. The average Bonchev–Trinajstić information content (AvgIpc) is 1.68. The highest BCUT2D eigenvalue weighted by Gasteiger charge is 1.85. The number of rotatable bonds is 1. The van der Waals surface area contributed by atoms with Crippen LogP contribution in [0.3, 0.4) is 0 Å². The molecular formula is C3H7N3O. The maximum absolute atomic E-state index is 10.0. The lowest BCUT2D eigenvalue weighted by molar-refractivity contribution is 0.247. The highest BCUT2D eigenvalue weighted by molar-refractivity contribution is 5.84. The molecule has 0 fully saturated rings. The van der Waals surface area contributed by atoms with Crippen molar-refractivity contribution in [2.24, 2.45) is 0 Å². The monoisotopic (exact) mass is 101 g/mol. The number of amides is 2. The van der Waals surface area contributed by atoms with Gasteiger partial charge in [0.05, 0.1) is 6.34 Å². The van der Waals surface area contributed by atoms with Crippen molar-refractivity contribution in [1.82, 2.24) is 10.6 Å². The van der Waals surface area contributed by atoms with E-state index in [2.05, 4.69) is 10.6 Å². The van der Waals surface area contributed by atoms with Crippen molar-refractivity contribution in [2.75, 3.05) is 7.05 Å². The fourth-order valence-electron chi connectivity index (χ4n) is 0.138. The Morgan fingerprint density at radius 3 is 2.57 bits per heavy atom. The molecule has 2 amide bonds. The van der Waals surface area contributed by atoms with Crippen molar-refractivity contribution < 1.29 is 4.79 Å². The summed E-state index contributed by atoms with van der Waals surface area (Å²) in [6.45, 7) is 0. The normalized spacial score (nSPS) is 7.00. The summed E-state index contributed by atoms with van der Waals surface area (Å²) in [7, 11) is 1.48. The molecule has 0 aliphatic rings. The Kier molecular flexibility index (Phi) is 2.67. The highest BCUT2D eigenvalue weighted by atomic mass is 16.2. The van der Waals surface area contributed by atoms with Gasteiger partial charge < -0.3 is 5.32 Å². The molecule has 0 radical (unpaired) electrons. The minimum atomic E-state index is -0.366. The van der Waals surface area contributed by atoms with E-state index in [4.69, 9.17) is 5.41 Å². The predicted molar refractivity (Wildman–Crippen MR) is 26.4 cm³/mol. The molecule has 7 heavy (non-hydrogen) atoms. The van der Waals surface area contributed by atoms with Crippen molar-refractivity contribution in [2.45, 2.75) is 0 Å². The van der Waals surface area contributed by atoms with Gasteiger partial charge in [-0.2, -0.15) is 0 Å². The second-order valence-corrected chi connectivity index (χ2v) is 0.868. The Hall–Kier alpha value is -1.06. The van der Waals surface area contributed by atoms with Gasteiger partial charge in [-0.15, -0.1) is 0 Å². The molecule has 40 valence electrons. The summed E-state index contributed by atoms with van der Waals surface area (Å²) in [6, 6.07) is -0.366. The fraction of sp³-hybridized carbons (Fsp3) is 0.333. The number of hydrogen-bond donors (Lipinski definition) is 3. The summed E-state index contributed by atoms with van der Waals surface area (Å²) in [6.07, 6.45) is 0.818. The fourth-order valence-corrected chi connectivity index (χ4v) is 0.138. The van der Waals surface area contributed by atoms with Crippen LogP contribution in [0.15, 0.2) is 0 Å². The summed E-state index contributed by atoms with van der Waals surface area (Å²) < 4.78 is 0. The van der Waals surface area contributed by atoms with Crippen molar-refractivity contribution in [3.05, 3.63) is 0 Å². The van der Waals surface area contributed by atoms with Crippen LogP contribution in [0.4, 0.5) is 4.79 Å². The van der Waals surface area contributed by atoms with E-state index in [1.807, 2.05) is 0 Å². The maximum Gasteiger partial charge on any atom is 0.319 e. The van der Waals surface area contributed by atoms with Crippen molar-refractivity contribution in [3.63, 3.8) is 0 Å². The topological polar surface area (TPSA) is 65.0 Å². The van der Waals surface area contributed by atoms with E-state index in [1.54, 1.807) is 0 Å². The Labute approximate surface area is 41.4 Å². The molecule has 0 saturated carbocycles. The number of hydrogen-bond acceptors (Lipinski definition) is 2. The van der Waals surface area contributed by atoms with Gasteiger partial charge in [0, 0.05) is 7.05 Å². The van der Waals surface area contributed by atoms with Gasteiger partial charge >= 0.3 is 6.03 Å². The zero-order chi connectivity index (χ0) is 5.70. The molecule has 0 aromatic rings. The number of urea groups is 1. The third-order valence-electron chi connectivity index (χ3n) is 0.430. The van der Waals surface area contributed by atoms with Crippen molar-refractivity contribution >= 4 is 12.4 Å². The van der Waals surface area contributed by atoms with E-state index < -0.39 is 0 Å². The zero-order valence-corrected chi connectivity index (χ0v) is 3.99. The minimum Gasteiger partial charge on any atom is -0.341 e. The standard InChI is InChI=1S/C3H7N3O/c1-5-3(7)6-2-4/h2H,1H3,(H3,4,5,6,7). The van der Waals surface area contributed by atoms with Gasteiger partial charge in [-0.25, -0.2) is 4.79 Å². The maximum atomic E-state index is 10.0. The van der Waals surface area contributed by atoms with Gasteiger partial charge in [0.25, 0.3) is 0 Å². The van der Waals surface area contributed by atoms with Crippen LogP contribution in [0.1, 0.15) is 0 Å².